The average Bonchev–Trinajstić information content (AvgIpc) is 2.68. The highest BCUT2D eigenvalue weighted by Gasteiger charge is 2.24. The summed E-state index contributed by atoms with van der Waals surface area (Å²) in [5, 5.41) is 9.72. The van der Waals surface area contributed by atoms with Crippen molar-refractivity contribution in [3.63, 3.8) is 0 Å². The van der Waals surface area contributed by atoms with Crippen molar-refractivity contribution in [1.82, 2.24) is 0 Å². The van der Waals surface area contributed by atoms with E-state index in [4.69, 9.17) is 4.74 Å². The zero-order valence-corrected chi connectivity index (χ0v) is 10.8. The second-order valence-corrected chi connectivity index (χ2v) is 5.16. The van der Waals surface area contributed by atoms with E-state index in [1.165, 1.54) is 11.1 Å². The largest absolute Gasteiger partial charge is 0.493 e. The van der Waals surface area contributed by atoms with Gasteiger partial charge in [-0.25, -0.2) is 0 Å². The number of ether oxygens (including phenoxy) is 1. The summed E-state index contributed by atoms with van der Waals surface area (Å²) < 4.78 is 5.79. The number of hydrogen-bond donors (Lipinski definition) is 1. The van der Waals surface area contributed by atoms with Crippen LogP contribution in [0.3, 0.4) is 0 Å². The minimum atomic E-state index is -0.0993. The molecule has 2 rings (SSSR count). The summed E-state index contributed by atoms with van der Waals surface area (Å²) in [7, 11) is 0. The van der Waals surface area contributed by atoms with E-state index in [1.807, 2.05) is 6.07 Å². The molecule has 1 aromatic carbocycles. The van der Waals surface area contributed by atoms with Crippen molar-refractivity contribution in [2.45, 2.75) is 45.6 Å². The zero-order valence-electron chi connectivity index (χ0n) is 10.8. The van der Waals surface area contributed by atoms with E-state index in [2.05, 4.69) is 26.0 Å². The lowest BCUT2D eigenvalue weighted by molar-refractivity contribution is 0.116. The molecule has 1 aromatic rings. The van der Waals surface area contributed by atoms with Crippen LogP contribution in [0.2, 0.25) is 0 Å². The van der Waals surface area contributed by atoms with Gasteiger partial charge in [0.05, 0.1) is 12.7 Å². The van der Waals surface area contributed by atoms with Crippen LogP contribution in [0, 0.1) is 19.8 Å². The monoisotopic (exact) mass is 234 g/mol. The topological polar surface area (TPSA) is 29.5 Å². The van der Waals surface area contributed by atoms with Gasteiger partial charge in [-0.15, -0.1) is 0 Å². The molecule has 1 N–H and O–H groups in total. The first kappa shape index (κ1) is 12.4. The Balaban J connectivity index is 1.81. The van der Waals surface area contributed by atoms with E-state index < -0.39 is 0 Å². The van der Waals surface area contributed by atoms with E-state index in [9.17, 15) is 5.11 Å². The third-order valence-electron chi connectivity index (χ3n) is 3.70. The molecule has 17 heavy (non-hydrogen) atoms. The van der Waals surface area contributed by atoms with Crippen LogP contribution in [-0.4, -0.2) is 17.8 Å². The Kier molecular flexibility index (Phi) is 4.06. The molecule has 2 nitrogen and oxygen atoms in total. The number of benzene rings is 1. The molecule has 2 heteroatoms. The smallest absolute Gasteiger partial charge is 0.122 e. The zero-order chi connectivity index (χ0) is 12.3. The lowest BCUT2D eigenvalue weighted by Gasteiger charge is -2.15. The van der Waals surface area contributed by atoms with Crippen molar-refractivity contribution >= 4 is 0 Å². The number of aliphatic hydroxyl groups is 1. The third kappa shape index (κ3) is 3.22. The lowest BCUT2D eigenvalue weighted by atomic mass is 10.0. The minimum absolute atomic E-state index is 0.0993. The number of rotatable bonds is 4. The Morgan fingerprint density at radius 3 is 2.76 bits per heavy atom. The predicted molar refractivity (Wildman–Crippen MR) is 69.4 cm³/mol. The molecule has 0 spiro atoms. The van der Waals surface area contributed by atoms with Gasteiger partial charge in [0.15, 0.2) is 0 Å². The van der Waals surface area contributed by atoms with Gasteiger partial charge in [-0.05, 0) is 50.7 Å². The van der Waals surface area contributed by atoms with Crippen LogP contribution in [0.4, 0.5) is 0 Å². The summed E-state index contributed by atoms with van der Waals surface area (Å²) in [5.41, 5.74) is 2.46. The molecule has 0 saturated heterocycles. The number of aryl methyl sites for hydroxylation is 2. The molecule has 0 amide bonds. The van der Waals surface area contributed by atoms with Crippen molar-refractivity contribution in [2.75, 3.05) is 6.61 Å². The second kappa shape index (κ2) is 5.54. The maximum Gasteiger partial charge on any atom is 0.122 e. The van der Waals surface area contributed by atoms with Crippen LogP contribution in [0.15, 0.2) is 18.2 Å². The lowest BCUT2D eigenvalue weighted by Crippen LogP contribution is -2.16. The van der Waals surface area contributed by atoms with Crippen LogP contribution in [-0.2, 0) is 0 Å². The van der Waals surface area contributed by atoms with Gasteiger partial charge in [-0.1, -0.05) is 24.1 Å². The minimum Gasteiger partial charge on any atom is -0.493 e. The standard InChI is InChI=1S/C15H22O2/c1-11-6-7-15(12(2)10-11)17-9-8-13-4-3-5-14(13)16/h6-7,10,13-14,16H,3-5,8-9H2,1-2H3. The van der Waals surface area contributed by atoms with Gasteiger partial charge in [0.2, 0.25) is 0 Å². The van der Waals surface area contributed by atoms with Crippen LogP contribution in [0.25, 0.3) is 0 Å². The van der Waals surface area contributed by atoms with Crippen molar-refractivity contribution in [2.24, 2.45) is 5.92 Å². The van der Waals surface area contributed by atoms with E-state index in [0.717, 1.165) is 31.4 Å². The molecule has 0 radical (unpaired) electrons. The Morgan fingerprint density at radius 1 is 1.29 bits per heavy atom. The predicted octanol–water partition coefficient (Wildman–Crippen LogP) is 3.23. The van der Waals surface area contributed by atoms with Crippen LogP contribution in [0.5, 0.6) is 5.75 Å². The molecule has 2 atom stereocenters. The highest BCUT2D eigenvalue weighted by Crippen LogP contribution is 2.28. The van der Waals surface area contributed by atoms with Gasteiger partial charge in [0.1, 0.15) is 5.75 Å². The Labute approximate surface area is 104 Å². The summed E-state index contributed by atoms with van der Waals surface area (Å²) in [6.07, 6.45) is 4.15. The average molecular weight is 234 g/mol. The molecule has 1 saturated carbocycles. The Hall–Kier alpha value is -1.02. The van der Waals surface area contributed by atoms with Crippen molar-refractivity contribution in [3.8, 4) is 5.75 Å². The molecule has 94 valence electrons. The fraction of sp³-hybridized carbons (Fsp3) is 0.600. The number of aliphatic hydroxyl groups excluding tert-OH is 1. The van der Waals surface area contributed by atoms with E-state index in [0.29, 0.717) is 12.5 Å². The fourth-order valence-electron chi connectivity index (χ4n) is 2.64. The van der Waals surface area contributed by atoms with Crippen LogP contribution < -0.4 is 4.74 Å². The molecule has 1 aliphatic carbocycles. The van der Waals surface area contributed by atoms with Gasteiger partial charge in [-0.2, -0.15) is 0 Å². The molecule has 1 fully saturated rings. The maximum absolute atomic E-state index is 9.72. The van der Waals surface area contributed by atoms with Crippen LogP contribution >= 0.6 is 0 Å². The van der Waals surface area contributed by atoms with Crippen LogP contribution in [0.1, 0.15) is 36.8 Å². The number of hydrogen-bond acceptors (Lipinski definition) is 2. The Bertz CT molecular complexity index is 373. The molecular formula is C15H22O2. The molecule has 0 aromatic heterocycles. The summed E-state index contributed by atoms with van der Waals surface area (Å²) in [6, 6.07) is 6.25. The first-order valence-corrected chi connectivity index (χ1v) is 6.55. The Morgan fingerprint density at radius 2 is 2.12 bits per heavy atom. The van der Waals surface area contributed by atoms with E-state index in [-0.39, 0.29) is 6.10 Å². The normalized spacial score (nSPS) is 23.9. The quantitative estimate of drug-likeness (QED) is 0.866. The summed E-state index contributed by atoms with van der Waals surface area (Å²) in [5.74, 6) is 1.42. The first-order chi connectivity index (χ1) is 8.16. The third-order valence-corrected chi connectivity index (χ3v) is 3.70. The van der Waals surface area contributed by atoms with Gasteiger partial charge in [-0.3, -0.25) is 0 Å². The fourth-order valence-corrected chi connectivity index (χ4v) is 2.64. The van der Waals surface area contributed by atoms with Gasteiger partial charge in [0.25, 0.3) is 0 Å². The second-order valence-electron chi connectivity index (χ2n) is 5.16. The molecule has 0 bridgehead atoms. The van der Waals surface area contributed by atoms with E-state index in [1.54, 1.807) is 0 Å². The van der Waals surface area contributed by atoms with Gasteiger partial charge >= 0.3 is 0 Å². The van der Waals surface area contributed by atoms with Crippen molar-refractivity contribution in [3.05, 3.63) is 29.3 Å². The summed E-state index contributed by atoms with van der Waals surface area (Å²) in [6.45, 7) is 4.88. The summed E-state index contributed by atoms with van der Waals surface area (Å²) in [4.78, 5) is 0. The molecule has 0 heterocycles. The van der Waals surface area contributed by atoms with Gasteiger partial charge in [0, 0.05) is 0 Å². The molecule has 2 unspecified atom stereocenters. The molecular weight excluding hydrogens is 212 g/mol. The molecule has 1 aliphatic rings. The maximum atomic E-state index is 9.72. The first-order valence-electron chi connectivity index (χ1n) is 6.55. The van der Waals surface area contributed by atoms with E-state index >= 15 is 0 Å². The van der Waals surface area contributed by atoms with Crippen molar-refractivity contribution < 1.29 is 9.84 Å². The van der Waals surface area contributed by atoms with Gasteiger partial charge < -0.3 is 9.84 Å². The highest BCUT2D eigenvalue weighted by molar-refractivity contribution is 5.35. The van der Waals surface area contributed by atoms with Crippen molar-refractivity contribution in [1.29, 1.82) is 0 Å². The SMILES string of the molecule is Cc1ccc(OCCC2CCCC2O)c(C)c1. The highest BCUT2D eigenvalue weighted by atomic mass is 16.5. The molecule has 0 aliphatic heterocycles. The summed E-state index contributed by atoms with van der Waals surface area (Å²) >= 11 is 0.